The van der Waals surface area contributed by atoms with Crippen molar-refractivity contribution < 1.29 is 19.1 Å². The summed E-state index contributed by atoms with van der Waals surface area (Å²) in [4.78, 5) is 42.4. The maximum absolute atomic E-state index is 13.7. The molecule has 2 N–H and O–H groups in total. The summed E-state index contributed by atoms with van der Waals surface area (Å²) >= 11 is 6.23. The number of anilines is 1. The van der Waals surface area contributed by atoms with Crippen molar-refractivity contribution >= 4 is 35.0 Å². The number of nitrogens with zero attached hydrogens (tertiary/aromatic N) is 1. The molecule has 3 aliphatic heterocycles. The highest BCUT2D eigenvalue weighted by atomic mass is 35.5. The SMILES string of the molecule is Cc1ccc(NC(=O)[C@H]2[C@H]3C(=O)N(C4CC4)[C@@H](C(=O)NCc4ccccc4)[C@@]34C=C[C@H]2O4)cc1Cl. The van der Waals surface area contributed by atoms with Crippen LogP contribution in [0.1, 0.15) is 24.0 Å². The lowest BCUT2D eigenvalue weighted by Crippen LogP contribution is -2.55. The maximum atomic E-state index is 13.7. The van der Waals surface area contributed by atoms with Gasteiger partial charge in [-0.25, -0.2) is 0 Å². The van der Waals surface area contributed by atoms with Crippen LogP contribution in [0.5, 0.6) is 0 Å². The first-order chi connectivity index (χ1) is 16.9. The van der Waals surface area contributed by atoms with Gasteiger partial charge in [0.1, 0.15) is 11.6 Å². The van der Waals surface area contributed by atoms with Gasteiger partial charge in [0.05, 0.1) is 17.9 Å². The van der Waals surface area contributed by atoms with Crippen LogP contribution in [0.2, 0.25) is 5.02 Å². The minimum atomic E-state index is -1.14. The number of rotatable bonds is 6. The van der Waals surface area contributed by atoms with E-state index in [9.17, 15) is 14.4 Å². The van der Waals surface area contributed by atoms with E-state index < -0.39 is 29.6 Å². The Hall–Kier alpha value is -3.16. The summed E-state index contributed by atoms with van der Waals surface area (Å²) in [6, 6.07) is 14.2. The van der Waals surface area contributed by atoms with Crippen molar-refractivity contribution in [2.75, 3.05) is 5.32 Å². The van der Waals surface area contributed by atoms with E-state index in [1.165, 1.54) is 0 Å². The standard InChI is InChI=1S/C27H26ClN3O4/c1-15-7-8-17(13-19(15)28)30-24(32)21-20-11-12-27(35-20)22(21)26(34)31(18-9-10-18)23(27)25(33)29-14-16-5-3-2-4-6-16/h2-8,11-13,18,20-23H,9-10,14H2,1H3,(H,29,33)(H,30,32)/t20-,21-,22+,23+,27-/m1/s1. The van der Waals surface area contributed by atoms with Gasteiger partial charge in [0, 0.05) is 23.3 Å². The molecule has 8 heteroatoms. The van der Waals surface area contributed by atoms with Gasteiger partial charge in [-0.15, -0.1) is 0 Å². The second kappa shape index (κ2) is 8.21. The summed E-state index contributed by atoms with van der Waals surface area (Å²) < 4.78 is 6.34. The van der Waals surface area contributed by atoms with Crippen molar-refractivity contribution in [1.82, 2.24) is 10.2 Å². The molecule has 35 heavy (non-hydrogen) atoms. The summed E-state index contributed by atoms with van der Waals surface area (Å²) in [6.07, 6.45) is 4.80. The van der Waals surface area contributed by atoms with Crippen molar-refractivity contribution in [2.24, 2.45) is 11.8 Å². The van der Waals surface area contributed by atoms with Crippen molar-refractivity contribution in [1.29, 1.82) is 0 Å². The molecule has 2 saturated heterocycles. The number of fused-ring (bicyclic) bond motifs is 1. The highest BCUT2D eigenvalue weighted by molar-refractivity contribution is 6.31. The molecule has 0 radical (unpaired) electrons. The number of amides is 3. The molecule has 3 amide bonds. The van der Waals surface area contributed by atoms with Crippen LogP contribution < -0.4 is 10.6 Å². The molecule has 5 atom stereocenters. The third kappa shape index (κ3) is 3.56. The zero-order chi connectivity index (χ0) is 24.3. The third-order valence-electron chi connectivity index (χ3n) is 7.55. The van der Waals surface area contributed by atoms with Gasteiger partial charge >= 0.3 is 0 Å². The van der Waals surface area contributed by atoms with E-state index in [1.807, 2.05) is 55.5 Å². The topological polar surface area (TPSA) is 87.7 Å². The van der Waals surface area contributed by atoms with Crippen LogP contribution >= 0.6 is 11.6 Å². The fourth-order valence-corrected chi connectivity index (χ4v) is 5.91. The molecule has 180 valence electrons. The van der Waals surface area contributed by atoms with Gasteiger partial charge in [-0.1, -0.05) is 60.2 Å². The Labute approximate surface area is 208 Å². The Morgan fingerprint density at radius 3 is 2.63 bits per heavy atom. The normalized spacial score (nSPS) is 30.5. The number of nitrogens with one attached hydrogen (secondary N) is 2. The molecule has 1 aliphatic carbocycles. The average Bonchev–Trinajstić information content (AvgIpc) is 3.45. The van der Waals surface area contributed by atoms with Gasteiger partial charge in [-0.05, 0) is 43.0 Å². The average molecular weight is 492 g/mol. The molecule has 0 aromatic heterocycles. The van der Waals surface area contributed by atoms with Crippen LogP contribution in [0.3, 0.4) is 0 Å². The van der Waals surface area contributed by atoms with E-state index in [0.29, 0.717) is 17.3 Å². The smallest absolute Gasteiger partial charge is 0.246 e. The molecule has 0 unspecified atom stereocenters. The summed E-state index contributed by atoms with van der Waals surface area (Å²) in [5.41, 5.74) is 1.30. The molecule has 2 bridgehead atoms. The summed E-state index contributed by atoms with van der Waals surface area (Å²) in [6.45, 7) is 2.24. The molecule has 2 aromatic rings. The fraction of sp³-hybridized carbons (Fsp3) is 0.370. The number of ether oxygens (including phenoxy) is 1. The van der Waals surface area contributed by atoms with Gasteiger partial charge in [-0.3, -0.25) is 14.4 Å². The predicted octanol–water partition coefficient (Wildman–Crippen LogP) is 3.22. The molecule has 2 aromatic carbocycles. The number of hydrogen-bond donors (Lipinski definition) is 2. The predicted molar refractivity (Wildman–Crippen MR) is 130 cm³/mol. The number of aryl methyl sites for hydroxylation is 1. The molecule has 3 fully saturated rings. The molecular formula is C27H26ClN3O4. The first kappa shape index (κ1) is 22.3. The highest BCUT2D eigenvalue weighted by Gasteiger charge is 2.74. The Balaban J connectivity index is 1.28. The Morgan fingerprint density at radius 2 is 1.91 bits per heavy atom. The van der Waals surface area contributed by atoms with Crippen molar-refractivity contribution in [3.05, 3.63) is 76.8 Å². The van der Waals surface area contributed by atoms with Crippen LogP contribution in [-0.2, 0) is 25.7 Å². The van der Waals surface area contributed by atoms with E-state index in [2.05, 4.69) is 10.6 Å². The highest BCUT2D eigenvalue weighted by Crippen LogP contribution is 2.57. The van der Waals surface area contributed by atoms with Crippen LogP contribution in [0.25, 0.3) is 0 Å². The minimum Gasteiger partial charge on any atom is -0.359 e. The molecule has 7 nitrogen and oxygen atoms in total. The minimum absolute atomic E-state index is 0.00520. The lowest BCUT2D eigenvalue weighted by molar-refractivity contribution is -0.141. The molecule has 6 rings (SSSR count). The first-order valence-electron chi connectivity index (χ1n) is 12.0. The number of likely N-dealkylation sites (tertiary alicyclic amines) is 1. The number of carbonyl (C=O) groups is 3. The lowest BCUT2D eigenvalue weighted by Gasteiger charge is -2.32. The Bertz CT molecular complexity index is 1240. The lowest BCUT2D eigenvalue weighted by atomic mass is 9.74. The van der Waals surface area contributed by atoms with Crippen molar-refractivity contribution in [3.8, 4) is 0 Å². The van der Waals surface area contributed by atoms with E-state index in [4.69, 9.17) is 16.3 Å². The fourth-order valence-electron chi connectivity index (χ4n) is 5.73. The van der Waals surface area contributed by atoms with Gasteiger partial charge in [-0.2, -0.15) is 0 Å². The van der Waals surface area contributed by atoms with Gasteiger partial charge in [0.15, 0.2) is 0 Å². The largest absolute Gasteiger partial charge is 0.359 e. The van der Waals surface area contributed by atoms with Crippen molar-refractivity contribution in [2.45, 2.75) is 50.1 Å². The summed E-state index contributed by atoms with van der Waals surface area (Å²) in [5, 5.41) is 6.46. The van der Waals surface area contributed by atoms with E-state index in [-0.39, 0.29) is 23.8 Å². The second-order valence-corrected chi connectivity index (χ2v) is 10.2. The molecule has 4 aliphatic rings. The van der Waals surface area contributed by atoms with E-state index in [1.54, 1.807) is 17.0 Å². The zero-order valence-corrected chi connectivity index (χ0v) is 20.0. The van der Waals surface area contributed by atoms with E-state index in [0.717, 1.165) is 24.0 Å². The summed E-state index contributed by atoms with van der Waals surface area (Å²) in [5.74, 6) is -2.21. The zero-order valence-electron chi connectivity index (χ0n) is 19.2. The molecule has 3 heterocycles. The Morgan fingerprint density at radius 1 is 1.14 bits per heavy atom. The Kier molecular flexibility index (Phi) is 5.23. The van der Waals surface area contributed by atoms with Gasteiger partial charge in [0.25, 0.3) is 0 Å². The van der Waals surface area contributed by atoms with Crippen LogP contribution in [-0.4, -0.2) is 46.4 Å². The molecular weight excluding hydrogens is 466 g/mol. The van der Waals surface area contributed by atoms with Crippen LogP contribution in [0.4, 0.5) is 5.69 Å². The van der Waals surface area contributed by atoms with Crippen LogP contribution in [0.15, 0.2) is 60.7 Å². The van der Waals surface area contributed by atoms with Crippen molar-refractivity contribution in [3.63, 3.8) is 0 Å². The number of carbonyl (C=O) groups excluding carboxylic acids is 3. The van der Waals surface area contributed by atoms with E-state index >= 15 is 0 Å². The van der Waals surface area contributed by atoms with Crippen LogP contribution in [0, 0.1) is 18.8 Å². The number of hydrogen-bond acceptors (Lipinski definition) is 4. The second-order valence-electron chi connectivity index (χ2n) is 9.83. The van der Waals surface area contributed by atoms with Gasteiger partial charge in [0.2, 0.25) is 17.7 Å². The first-order valence-corrected chi connectivity index (χ1v) is 12.3. The number of halogens is 1. The number of benzene rings is 2. The molecule has 1 saturated carbocycles. The summed E-state index contributed by atoms with van der Waals surface area (Å²) in [7, 11) is 0. The monoisotopic (exact) mass is 491 g/mol. The quantitative estimate of drug-likeness (QED) is 0.607. The third-order valence-corrected chi connectivity index (χ3v) is 7.96. The molecule has 1 spiro atoms. The van der Waals surface area contributed by atoms with Gasteiger partial charge < -0.3 is 20.3 Å². The maximum Gasteiger partial charge on any atom is 0.246 e.